The van der Waals surface area contributed by atoms with Crippen molar-refractivity contribution in [1.82, 2.24) is 5.32 Å². The van der Waals surface area contributed by atoms with E-state index in [1.807, 2.05) is 0 Å². The highest BCUT2D eigenvalue weighted by Gasteiger charge is 2.65. The fourth-order valence-electron chi connectivity index (χ4n) is 9.15. The predicted octanol–water partition coefficient (Wildman–Crippen LogP) is 4.39. The molecule has 1 heterocycles. The summed E-state index contributed by atoms with van der Waals surface area (Å²) in [5, 5.41) is 13.9. The van der Waals surface area contributed by atoms with Crippen molar-refractivity contribution in [2.75, 3.05) is 19.7 Å². The third-order valence-corrected chi connectivity index (χ3v) is 11.2. The lowest BCUT2D eigenvalue weighted by molar-refractivity contribution is -0.172. The summed E-state index contributed by atoms with van der Waals surface area (Å²) in [6.45, 7) is 6.93. The third kappa shape index (κ3) is 3.46. The number of aliphatic hydroxyl groups is 1. The lowest BCUT2D eigenvalue weighted by Gasteiger charge is -2.61. The minimum atomic E-state index is -0.286. The van der Waals surface area contributed by atoms with E-state index in [0.717, 1.165) is 31.6 Å². The fraction of sp³-hybridized carbons (Fsp3) is 0.926. The van der Waals surface area contributed by atoms with Crippen molar-refractivity contribution >= 4 is 11.6 Å². The number of hydrogen-bond acceptors (Lipinski definition) is 4. The molecule has 2 N–H and O–H groups in total. The second-order valence-electron chi connectivity index (χ2n) is 12.4. The van der Waals surface area contributed by atoms with Crippen LogP contribution >= 0.6 is 0 Å². The Hall–Kier alpha value is -0.740. The average Bonchev–Trinajstić information content (AvgIpc) is 3.08. The van der Waals surface area contributed by atoms with Crippen LogP contribution in [0, 0.1) is 52.3 Å². The van der Waals surface area contributed by atoms with Crippen LogP contribution in [0.15, 0.2) is 0 Å². The number of piperidine rings is 1. The Kier molecular flexibility index (Phi) is 5.87. The summed E-state index contributed by atoms with van der Waals surface area (Å²) in [7, 11) is 0. The number of carbonyl (C=O) groups excluding carboxylic acids is 2. The topological polar surface area (TPSA) is 66.4 Å². The van der Waals surface area contributed by atoms with Gasteiger partial charge in [-0.05, 0) is 99.5 Å². The molecule has 5 fully saturated rings. The molecule has 0 aromatic rings. The summed E-state index contributed by atoms with van der Waals surface area (Å²) in [5.74, 6) is 3.07. The van der Waals surface area contributed by atoms with Gasteiger partial charge in [0.05, 0.1) is 6.61 Å². The zero-order valence-electron chi connectivity index (χ0n) is 19.7. The summed E-state index contributed by atoms with van der Waals surface area (Å²) in [5.41, 5.74) is -0.129. The minimum Gasteiger partial charge on any atom is -0.396 e. The Morgan fingerprint density at radius 2 is 1.65 bits per heavy atom. The normalized spacial score (nSPS) is 48.2. The van der Waals surface area contributed by atoms with Crippen molar-refractivity contribution in [3.63, 3.8) is 0 Å². The molecule has 8 atom stereocenters. The summed E-state index contributed by atoms with van der Waals surface area (Å²) in [6, 6.07) is 0. The second kappa shape index (κ2) is 8.24. The van der Waals surface area contributed by atoms with E-state index in [-0.39, 0.29) is 35.2 Å². The van der Waals surface area contributed by atoms with E-state index < -0.39 is 0 Å². The Bertz CT molecular complexity index is 715. The van der Waals surface area contributed by atoms with Crippen LogP contribution in [0.5, 0.6) is 0 Å². The van der Waals surface area contributed by atoms with Crippen molar-refractivity contribution in [2.45, 2.75) is 84.5 Å². The average molecular weight is 430 g/mol. The largest absolute Gasteiger partial charge is 0.396 e. The number of Topliss-reactive ketones (excluding diaryl/α,β-unsaturated/α-hetero) is 2. The standard InChI is InChI=1S/C27H43NO3/c1-26-11-7-18(4-3-17-9-13-28-14-10-17)15-22(26)19(16-29)25(31)24-20-5-6-23(30)27(20,2)12-8-21(24)26/h17-22,24,28-29H,3-16H2,1-2H3/t18-,19?,20?,21?,22?,24?,26+,27-/m0/s1. The number of nitrogens with one attached hydrogen (secondary N) is 1. The van der Waals surface area contributed by atoms with Crippen molar-refractivity contribution in [1.29, 1.82) is 0 Å². The maximum absolute atomic E-state index is 13.8. The monoisotopic (exact) mass is 429 g/mol. The van der Waals surface area contributed by atoms with Crippen molar-refractivity contribution < 1.29 is 14.7 Å². The van der Waals surface area contributed by atoms with Gasteiger partial charge in [-0.15, -0.1) is 0 Å². The van der Waals surface area contributed by atoms with Gasteiger partial charge in [0.2, 0.25) is 0 Å². The molecule has 4 saturated carbocycles. The van der Waals surface area contributed by atoms with Crippen LogP contribution in [0.3, 0.4) is 0 Å². The van der Waals surface area contributed by atoms with Crippen molar-refractivity contribution in [2.24, 2.45) is 52.3 Å². The highest BCUT2D eigenvalue weighted by molar-refractivity contribution is 5.91. The first kappa shape index (κ1) is 22.1. The number of fused-ring (bicyclic) bond motifs is 5. The van der Waals surface area contributed by atoms with Crippen LogP contribution in [0.2, 0.25) is 0 Å². The van der Waals surface area contributed by atoms with Crippen LogP contribution in [-0.4, -0.2) is 36.4 Å². The SMILES string of the molecule is C[C@]12CC[C@H](CCC3CCNCC3)CC1C(CO)C(=O)C1C2CC[C@]2(C)C(=O)CCC12. The maximum Gasteiger partial charge on any atom is 0.142 e. The van der Waals surface area contributed by atoms with Gasteiger partial charge in [0.15, 0.2) is 0 Å². The summed E-state index contributed by atoms with van der Waals surface area (Å²) < 4.78 is 0. The highest BCUT2D eigenvalue weighted by Crippen LogP contribution is 2.66. The van der Waals surface area contributed by atoms with Crippen LogP contribution in [0.4, 0.5) is 0 Å². The zero-order valence-corrected chi connectivity index (χ0v) is 19.7. The molecule has 0 spiro atoms. The number of ketones is 2. The van der Waals surface area contributed by atoms with Gasteiger partial charge in [-0.1, -0.05) is 26.7 Å². The predicted molar refractivity (Wildman–Crippen MR) is 121 cm³/mol. The van der Waals surface area contributed by atoms with Crippen LogP contribution in [0.25, 0.3) is 0 Å². The maximum atomic E-state index is 13.8. The fourth-order valence-corrected chi connectivity index (χ4v) is 9.15. The molecular formula is C27H43NO3. The molecule has 4 heteroatoms. The molecule has 5 rings (SSSR count). The van der Waals surface area contributed by atoms with Crippen LogP contribution < -0.4 is 5.32 Å². The zero-order chi connectivity index (χ0) is 21.8. The van der Waals surface area contributed by atoms with E-state index in [1.165, 1.54) is 51.6 Å². The third-order valence-electron chi connectivity index (χ3n) is 11.2. The second-order valence-corrected chi connectivity index (χ2v) is 12.4. The molecule has 4 nitrogen and oxygen atoms in total. The molecule has 0 aromatic carbocycles. The quantitative estimate of drug-likeness (QED) is 0.695. The molecule has 5 unspecified atom stereocenters. The van der Waals surface area contributed by atoms with E-state index in [1.54, 1.807) is 0 Å². The molecule has 1 aliphatic heterocycles. The van der Waals surface area contributed by atoms with Gasteiger partial charge in [0, 0.05) is 23.7 Å². The van der Waals surface area contributed by atoms with Gasteiger partial charge >= 0.3 is 0 Å². The first-order valence-electron chi connectivity index (χ1n) is 13.3. The minimum absolute atomic E-state index is 0.000700. The molecule has 1 saturated heterocycles. The molecule has 0 bridgehead atoms. The van der Waals surface area contributed by atoms with E-state index in [2.05, 4.69) is 19.2 Å². The van der Waals surface area contributed by atoms with Gasteiger partial charge in [0.1, 0.15) is 11.6 Å². The first-order chi connectivity index (χ1) is 14.9. The van der Waals surface area contributed by atoms with Crippen molar-refractivity contribution in [3.05, 3.63) is 0 Å². The highest BCUT2D eigenvalue weighted by atomic mass is 16.3. The molecule has 0 aromatic heterocycles. The van der Waals surface area contributed by atoms with Crippen molar-refractivity contribution in [3.8, 4) is 0 Å². The number of carbonyl (C=O) groups is 2. The van der Waals surface area contributed by atoms with Crippen LogP contribution in [-0.2, 0) is 9.59 Å². The Labute approximate surface area is 188 Å². The summed E-state index contributed by atoms with van der Waals surface area (Å²) >= 11 is 0. The van der Waals surface area contributed by atoms with E-state index in [0.29, 0.717) is 35.7 Å². The Morgan fingerprint density at radius 1 is 0.903 bits per heavy atom. The smallest absolute Gasteiger partial charge is 0.142 e. The molecule has 31 heavy (non-hydrogen) atoms. The lowest BCUT2D eigenvalue weighted by Crippen LogP contribution is -2.61. The number of hydrogen-bond donors (Lipinski definition) is 2. The molecule has 174 valence electrons. The van der Waals surface area contributed by atoms with E-state index in [9.17, 15) is 14.7 Å². The van der Waals surface area contributed by atoms with Gasteiger partial charge < -0.3 is 10.4 Å². The van der Waals surface area contributed by atoms with Gasteiger partial charge in [-0.25, -0.2) is 0 Å². The lowest BCUT2D eigenvalue weighted by atomic mass is 9.42. The van der Waals surface area contributed by atoms with Gasteiger partial charge in [-0.2, -0.15) is 0 Å². The molecule has 5 aliphatic rings. The molecule has 0 radical (unpaired) electrons. The van der Waals surface area contributed by atoms with Crippen LogP contribution in [0.1, 0.15) is 84.5 Å². The molecule has 4 aliphatic carbocycles. The van der Waals surface area contributed by atoms with E-state index in [4.69, 9.17) is 0 Å². The Morgan fingerprint density at radius 3 is 2.39 bits per heavy atom. The molecule has 0 amide bonds. The van der Waals surface area contributed by atoms with E-state index >= 15 is 0 Å². The van der Waals surface area contributed by atoms with Gasteiger partial charge in [0.25, 0.3) is 0 Å². The number of aliphatic hydroxyl groups excluding tert-OH is 1. The summed E-state index contributed by atoms with van der Waals surface area (Å²) in [4.78, 5) is 26.5. The number of rotatable bonds is 4. The Balaban J connectivity index is 1.34. The first-order valence-corrected chi connectivity index (χ1v) is 13.3. The summed E-state index contributed by atoms with van der Waals surface area (Å²) in [6.07, 6.45) is 12.4. The van der Waals surface area contributed by atoms with Gasteiger partial charge in [-0.3, -0.25) is 9.59 Å². The molecular weight excluding hydrogens is 386 g/mol.